The Morgan fingerprint density at radius 3 is 2.64 bits per heavy atom. The van der Waals surface area contributed by atoms with E-state index < -0.39 is 5.60 Å². The van der Waals surface area contributed by atoms with Crippen LogP contribution in [-0.2, 0) is 4.74 Å². The Morgan fingerprint density at radius 1 is 1.57 bits per heavy atom. The fraction of sp³-hybridized carbons (Fsp3) is 0.700. The zero-order chi connectivity index (χ0) is 10.8. The van der Waals surface area contributed by atoms with Crippen molar-refractivity contribution in [3.8, 4) is 0 Å². The number of carbonyl (C=O) groups is 1. The molecule has 0 aromatic heterocycles. The highest BCUT2D eigenvalue weighted by atomic mass is 16.6. The largest absolute Gasteiger partial charge is 0.513 e. The number of hydrogen-bond acceptors (Lipinski definition) is 3. The molecule has 14 heavy (non-hydrogen) atoms. The van der Waals surface area contributed by atoms with Crippen LogP contribution in [0.2, 0.25) is 0 Å². The van der Waals surface area contributed by atoms with Crippen molar-refractivity contribution in [2.45, 2.75) is 32.8 Å². The van der Waals surface area contributed by atoms with Crippen molar-refractivity contribution < 1.29 is 14.6 Å². The van der Waals surface area contributed by atoms with Gasteiger partial charge in [0, 0.05) is 19.5 Å². The number of aliphatic hydroxyl groups excluding tert-OH is 1. The van der Waals surface area contributed by atoms with E-state index in [1.165, 1.54) is 0 Å². The Morgan fingerprint density at radius 2 is 2.21 bits per heavy atom. The van der Waals surface area contributed by atoms with Gasteiger partial charge in [-0.15, -0.1) is 0 Å². The number of nitrogens with zero attached hydrogens (tertiary/aromatic N) is 1. The van der Waals surface area contributed by atoms with E-state index in [9.17, 15) is 4.79 Å². The van der Waals surface area contributed by atoms with Crippen LogP contribution in [0.5, 0.6) is 0 Å². The van der Waals surface area contributed by atoms with Gasteiger partial charge >= 0.3 is 6.09 Å². The van der Waals surface area contributed by atoms with Crippen LogP contribution < -0.4 is 0 Å². The van der Waals surface area contributed by atoms with Gasteiger partial charge in [-0.1, -0.05) is 0 Å². The molecule has 1 heterocycles. The molecule has 0 aromatic rings. The van der Waals surface area contributed by atoms with E-state index >= 15 is 0 Å². The summed E-state index contributed by atoms with van der Waals surface area (Å²) in [6.07, 6.45) is 1.83. The van der Waals surface area contributed by atoms with Crippen molar-refractivity contribution >= 4 is 6.09 Å². The first-order valence-corrected chi connectivity index (χ1v) is 4.74. The van der Waals surface area contributed by atoms with Gasteiger partial charge in [-0.25, -0.2) is 4.79 Å². The summed E-state index contributed by atoms with van der Waals surface area (Å²) >= 11 is 0. The SMILES string of the molecule is CC(C)(C)OC(=O)N1CC=C(O)CC1. The number of hydrogen-bond donors (Lipinski definition) is 1. The van der Waals surface area contributed by atoms with Gasteiger partial charge in [0.2, 0.25) is 0 Å². The van der Waals surface area contributed by atoms with Crippen molar-refractivity contribution in [1.29, 1.82) is 0 Å². The normalized spacial score (nSPS) is 17.6. The standard InChI is InChI=1S/C10H17NO3/c1-10(2,3)14-9(13)11-6-4-8(12)5-7-11/h4,12H,5-7H2,1-3H3. The molecule has 4 nitrogen and oxygen atoms in total. The summed E-state index contributed by atoms with van der Waals surface area (Å²) in [6, 6.07) is 0. The zero-order valence-electron chi connectivity index (χ0n) is 8.91. The zero-order valence-corrected chi connectivity index (χ0v) is 8.91. The fourth-order valence-electron chi connectivity index (χ4n) is 1.15. The minimum atomic E-state index is -0.458. The lowest BCUT2D eigenvalue weighted by molar-refractivity contribution is 0.0257. The van der Waals surface area contributed by atoms with Crippen molar-refractivity contribution in [2.24, 2.45) is 0 Å². The maximum Gasteiger partial charge on any atom is 0.410 e. The molecule has 0 spiro atoms. The maximum absolute atomic E-state index is 11.5. The van der Waals surface area contributed by atoms with Crippen molar-refractivity contribution in [1.82, 2.24) is 4.90 Å². The summed E-state index contributed by atoms with van der Waals surface area (Å²) in [6.45, 7) is 6.46. The van der Waals surface area contributed by atoms with Gasteiger partial charge < -0.3 is 14.7 Å². The van der Waals surface area contributed by atoms with Gasteiger partial charge in [0.05, 0.1) is 5.76 Å². The molecule has 1 rings (SSSR count). The van der Waals surface area contributed by atoms with Crippen LogP contribution in [-0.4, -0.2) is 34.8 Å². The molecule has 1 N–H and O–H groups in total. The fourth-order valence-corrected chi connectivity index (χ4v) is 1.15. The first-order chi connectivity index (χ1) is 6.38. The van der Waals surface area contributed by atoms with Crippen molar-refractivity contribution in [2.75, 3.05) is 13.1 Å². The first-order valence-electron chi connectivity index (χ1n) is 4.74. The number of aliphatic hydroxyl groups is 1. The third kappa shape index (κ3) is 3.28. The second kappa shape index (κ2) is 3.90. The average molecular weight is 199 g/mol. The minimum Gasteiger partial charge on any atom is -0.513 e. The van der Waals surface area contributed by atoms with E-state index in [-0.39, 0.29) is 6.09 Å². The number of ether oxygens (including phenoxy) is 1. The van der Waals surface area contributed by atoms with Gasteiger partial charge in [0.1, 0.15) is 5.60 Å². The number of rotatable bonds is 0. The molecule has 0 saturated carbocycles. The molecule has 1 aliphatic heterocycles. The molecule has 0 radical (unpaired) electrons. The quantitative estimate of drug-likeness (QED) is 0.649. The Hall–Kier alpha value is -1.19. The molecule has 0 bridgehead atoms. The third-order valence-corrected chi connectivity index (χ3v) is 1.84. The summed E-state index contributed by atoms with van der Waals surface area (Å²) in [5, 5.41) is 9.12. The molecule has 1 aliphatic rings. The molecule has 1 amide bonds. The highest BCUT2D eigenvalue weighted by Gasteiger charge is 2.23. The summed E-state index contributed by atoms with van der Waals surface area (Å²) < 4.78 is 5.19. The maximum atomic E-state index is 11.5. The molecular weight excluding hydrogens is 182 g/mol. The molecule has 0 aliphatic carbocycles. The molecule has 0 aromatic carbocycles. The lowest BCUT2D eigenvalue weighted by atomic mass is 10.2. The van der Waals surface area contributed by atoms with E-state index in [1.54, 1.807) is 11.0 Å². The molecule has 0 unspecified atom stereocenters. The van der Waals surface area contributed by atoms with Crippen LogP contribution in [0.25, 0.3) is 0 Å². The molecule has 4 heteroatoms. The van der Waals surface area contributed by atoms with Gasteiger partial charge in [-0.2, -0.15) is 0 Å². The van der Waals surface area contributed by atoms with Crippen LogP contribution in [0.15, 0.2) is 11.8 Å². The lowest BCUT2D eigenvalue weighted by Crippen LogP contribution is -2.39. The van der Waals surface area contributed by atoms with Crippen LogP contribution in [0.4, 0.5) is 4.79 Å². The predicted octanol–water partition coefficient (Wildman–Crippen LogP) is 2.07. The molecule has 0 saturated heterocycles. The summed E-state index contributed by atoms with van der Waals surface area (Å²) in [7, 11) is 0. The lowest BCUT2D eigenvalue weighted by Gasteiger charge is -2.28. The third-order valence-electron chi connectivity index (χ3n) is 1.84. The summed E-state index contributed by atoms with van der Waals surface area (Å²) in [4.78, 5) is 13.1. The summed E-state index contributed by atoms with van der Waals surface area (Å²) in [5.41, 5.74) is -0.458. The highest BCUT2D eigenvalue weighted by molar-refractivity contribution is 5.68. The van der Waals surface area contributed by atoms with E-state index in [2.05, 4.69) is 0 Å². The van der Waals surface area contributed by atoms with Crippen LogP contribution in [0.1, 0.15) is 27.2 Å². The van der Waals surface area contributed by atoms with Gasteiger partial charge in [-0.05, 0) is 26.8 Å². The van der Waals surface area contributed by atoms with E-state index in [1.807, 2.05) is 20.8 Å². The summed E-state index contributed by atoms with van der Waals surface area (Å²) in [5.74, 6) is 0.352. The number of carbonyl (C=O) groups excluding carboxylic acids is 1. The second-order valence-electron chi connectivity index (χ2n) is 4.37. The van der Waals surface area contributed by atoms with E-state index in [0.717, 1.165) is 0 Å². The van der Waals surface area contributed by atoms with Crippen LogP contribution >= 0.6 is 0 Å². The highest BCUT2D eigenvalue weighted by Crippen LogP contribution is 2.13. The molecular formula is C10H17NO3. The predicted molar refractivity (Wildman–Crippen MR) is 53.1 cm³/mol. The molecule has 0 fully saturated rings. The smallest absolute Gasteiger partial charge is 0.410 e. The second-order valence-corrected chi connectivity index (χ2v) is 4.37. The monoisotopic (exact) mass is 199 g/mol. The Labute approximate surface area is 84.2 Å². The average Bonchev–Trinajstić information content (AvgIpc) is 2.02. The van der Waals surface area contributed by atoms with Gasteiger partial charge in [0.25, 0.3) is 0 Å². The van der Waals surface area contributed by atoms with Crippen LogP contribution in [0.3, 0.4) is 0 Å². The topological polar surface area (TPSA) is 49.8 Å². The Kier molecular flexibility index (Phi) is 3.03. The van der Waals surface area contributed by atoms with Gasteiger partial charge in [0.15, 0.2) is 0 Å². The van der Waals surface area contributed by atoms with Gasteiger partial charge in [-0.3, -0.25) is 0 Å². The number of amides is 1. The van der Waals surface area contributed by atoms with E-state index in [4.69, 9.17) is 9.84 Å². The minimum absolute atomic E-state index is 0.318. The van der Waals surface area contributed by atoms with E-state index in [0.29, 0.717) is 25.3 Å². The Balaban J connectivity index is 2.47. The molecule has 0 atom stereocenters. The Bertz CT molecular complexity index is 253. The molecule has 80 valence electrons. The van der Waals surface area contributed by atoms with Crippen LogP contribution in [0, 0.1) is 0 Å². The van der Waals surface area contributed by atoms with Crippen molar-refractivity contribution in [3.63, 3.8) is 0 Å². The first kappa shape index (κ1) is 10.9. The van der Waals surface area contributed by atoms with Crippen molar-refractivity contribution in [3.05, 3.63) is 11.8 Å².